The van der Waals surface area contributed by atoms with Crippen molar-refractivity contribution < 1.29 is 4.42 Å². The van der Waals surface area contributed by atoms with Crippen LogP contribution in [-0.4, -0.2) is 6.71 Å². The minimum Gasteiger partial charge on any atom is -0.472 e. The van der Waals surface area contributed by atoms with E-state index in [9.17, 15) is 0 Å². The van der Waals surface area contributed by atoms with Crippen LogP contribution < -0.4 is 26.4 Å². The third kappa shape index (κ3) is 6.73. The van der Waals surface area contributed by atoms with Gasteiger partial charge in [0.1, 0.15) is 5.76 Å². The number of rotatable bonds is 3. The second kappa shape index (κ2) is 14.6. The number of anilines is 6. The van der Waals surface area contributed by atoms with Crippen LogP contribution in [0.1, 0.15) is 212 Å². The van der Waals surface area contributed by atoms with E-state index < -0.39 is 0 Å². The first kappa shape index (κ1) is 47.1. The van der Waals surface area contributed by atoms with Crippen molar-refractivity contribution in [1.29, 1.82) is 0 Å². The number of aryl methyl sites for hydroxylation is 1. The van der Waals surface area contributed by atoms with Gasteiger partial charge in [0.15, 0.2) is 0 Å². The van der Waals surface area contributed by atoms with Crippen LogP contribution >= 0.6 is 0 Å². The van der Waals surface area contributed by atoms with Crippen molar-refractivity contribution in [2.75, 3.05) is 9.80 Å². The summed E-state index contributed by atoms with van der Waals surface area (Å²) in [6.07, 6.45) is 9.24. The Hall–Kier alpha value is -4.96. The third-order valence-corrected chi connectivity index (χ3v) is 20.1. The van der Waals surface area contributed by atoms with E-state index in [0.717, 1.165) is 37.8 Å². The minimum atomic E-state index is -0.111. The molecule has 6 aromatic rings. The molecule has 2 aliphatic heterocycles. The van der Waals surface area contributed by atoms with Crippen molar-refractivity contribution in [3.05, 3.63) is 135 Å². The van der Waals surface area contributed by atoms with Gasteiger partial charge in [0.05, 0.1) is 17.0 Å². The SMILES string of the molecule is Cc1cc2c3c(c1)N(c1ccc4c(c1)C(C)(C)CCC4(C)C)c1c(oc4c1C(C)(C)CCC4(C)C)B3c1cc3c(cc1N2c1cc2c(cc1-c1ccccc1)C(C)(C)CCC2(C)C)C(C)(C)CCC3(C)C. The summed E-state index contributed by atoms with van der Waals surface area (Å²) in [4.78, 5) is 5.47. The lowest BCUT2D eigenvalue weighted by molar-refractivity contribution is 0.282. The van der Waals surface area contributed by atoms with E-state index >= 15 is 0 Å². The quantitative estimate of drug-likeness (QED) is 0.165. The van der Waals surface area contributed by atoms with Gasteiger partial charge < -0.3 is 14.2 Å². The second-order valence-electron chi connectivity index (χ2n) is 28.9. The molecule has 1 aromatic heterocycles. The molecule has 3 nitrogen and oxygen atoms in total. The molecule has 4 aliphatic carbocycles. The molecule has 0 radical (unpaired) electrons. The van der Waals surface area contributed by atoms with Crippen LogP contribution in [0.25, 0.3) is 11.1 Å². The molecule has 0 amide bonds. The minimum absolute atomic E-state index is 0.0227. The molecule has 0 fully saturated rings. The van der Waals surface area contributed by atoms with E-state index in [0.29, 0.717) is 0 Å². The number of hydrogen-bond donors (Lipinski definition) is 0. The summed E-state index contributed by atoms with van der Waals surface area (Å²) >= 11 is 0. The molecule has 0 spiro atoms. The Morgan fingerprint density at radius 1 is 0.423 bits per heavy atom. The number of nitrogens with zero attached hydrogens (tertiary/aromatic N) is 2. The molecule has 0 saturated carbocycles. The largest absolute Gasteiger partial charge is 0.472 e. The lowest BCUT2D eigenvalue weighted by Gasteiger charge is -2.48. The first-order chi connectivity index (χ1) is 33.0. The molecule has 0 saturated heterocycles. The first-order valence-electron chi connectivity index (χ1n) is 27.6. The molecule has 5 aromatic carbocycles. The zero-order valence-electron chi connectivity index (χ0n) is 46.6. The van der Waals surface area contributed by atoms with Crippen molar-refractivity contribution in [1.82, 2.24) is 0 Å². The zero-order valence-corrected chi connectivity index (χ0v) is 46.6. The number of hydrogen-bond acceptors (Lipinski definition) is 3. The molecule has 0 bridgehead atoms. The monoisotopic (exact) mass is 941 g/mol. The summed E-state index contributed by atoms with van der Waals surface area (Å²) in [5.41, 5.74) is 25.9. The van der Waals surface area contributed by atoms with Gasteiger partial charge in [-0.2, -0.15) is 0 Å². The van der Waals surface area contributed by atoms with E-state index in [2.05, 4.69) is 212 Å². The van der Waals surface area contributed by atoms with Gasteiger partial charge in [-0.3, -0.25) is 0 Å². The van der Waals surface area contributed by atoms with E-state index in [-0.39, 0.29) is 50.0 Å². The van der Waals surface area contributed by atoms with Crippen molar-refractivity contribution in [2.45, 2.75) is 212 Å². The van der Waals surface area contributed by atoms with Crippen LogP contribution in [0, 0.1) is 6.92 Å². The van der Waals surface area contributed by atoms with Gasteiger partial charge in [0, 0.05) is 39.3 Å². The molecular formula is C67H81BN2O. The lowest BCUT2D eigenvalue weighted by Crippen LogP contribution is -2.61. The van der Waals surface area contributed by atoms with E-state index in [1.54, 1.807) is 0 Å². The van der Waals surface area contributed by atoms with Gasteiger partial charge in [-0.1, -0.05) is 153 Å². The molecule has 4 heteroatoms. The maximum absolute atomic E-state index is 7.89. The third-order valence-electron chi connectivity index (χ3n) is 20.1. The highest BCUT2D eigenvalue weighted by Gasteiger charge is 2.54. The number of benzene rings is 5. The molecule has 3 heterocycles. The van der Waals surface area contributed by atoms with Crippen LogP contribution in [0.4, 0.5) is 34.1 Å². The van der Waals surface area contributed by atoms with Crippen molar-refractivity contribution in [3.63, 3.8) is 0 Å². The van der Waals surface area contributed by atoms with Crippen LogP contribution in [0.15, 0.2) is 89.3 Å². The summed E-state index contributed by atoms with van der Waals surface area (Å²) in [6, 6.07) is 34.6. The Kier molecular flexibility index (Phi) is 9.70. The standard InChI is InChI=1S/C67H81BN2O/c1-40-33-53-56-54(34-40)70(51-38-48-46(62(6,7)27-29-64(48,10)11)36-43(51)41-21-19-18-20-22-41)52-39-49-47(63(8,9)28-30-65(49,12)13)37-50(52)68(56)59-57(55-58(71-59)67(16,17)32-31-66(55,14)15)69(53)42-23-24-44-45(35-42)61(4,5)26-25-60(44,2)3/h18-24,33-39H,25-32H2,1-17H3. The molecule has 71 heavy (non-hydrogen) atoms. The molecule has 368 valence electrons. The van der Waals surface area contributed by atoms with Crippen molar-refractivity contribution in [3.8, 4) is 11.1 Å². The molecule has 0 atom stereocenters. The van der Waals surface area contributed by atoms with E-state index in [1.807, 2.05) is 0 Å². The maximum Gasteiger partial charge on any atom is 0.297 e. The fourth-order valence-electron chi connectivity index (χ4n) is 14.9. The van der Waals surface area contributed by atoms with Gasteiger partial charge in [-0.15, -0.1) is 0 Å². The summed E-state index contributed by atoms with van der Waals surface area (Å²) in [5.74, 6) is 1.18. The van der Waals surface area contributed by atoms with Crippen LogP contribution in [0.5, 0.6) is 0 Å². The maximum atomic E-state index is 7.89. The summed E-state index contributed by atoms with van der Waals surface area (Å²) in [7, 11) is 0. The van der Waals surface area contributed by atoms with Gasteiger partial charge in [0.25, 0.3) is 6.71 Å². The molecular weight excluding hydrogens is 860 g/mol. The van der Waals surface area contributed by atoms with E-state index in [1.165, 1.54) is 126 Å². The van der Waals surface area contributed by atoms with Crippen LogP contribution in [0.2, 0.25) is 0 Å². The molecule has 0 unspecified atom stereocenters. The van der Waals surface area contributed by atoms with Gasteiger partial charge in [0.2, 0.25) is 0 Å². The van der Waals surface area contributed by atoms with E-state index in [4.69, 9.17) is 4.42 Å². The fraction of sp³-hybridized carbons (Fsp3) is 0.493. The van der Waals surface area contributed by atoms with Crippen molar-refractivity contribution >= 4 is 57.4 Å². The normalized spacial score (nSPS) is 22.5. The second-order valence-corrected chi connectivity index (χ2v) is 28.9. The Labute approximate surface area is 428 Å². The Morgan fingerprint density at radius 3 is 1.46 bits per heavy atom. The van der Waals surface area contributed by atoms with Crippen molar-refractivity contribution in [2.24, 2.45) is 0 Å². The van der Waals surface area contributed by atoms with Gasteiger partial charge in [-0.05, 0) is 194 Å². The topological polar surface area (TPSA) is 19.6 Å². The predicted octanol–water partition coefficient (Wildman–Crippen LogP) is 16.7. The van der Waals surface area contributed by atoms with Crippen LogP contribution in [0.3, 0.4) is 0 Å². The van der Waals surface area contributed by atoms with Gasteiger partial charge >= 0.3 is 0 Å². The van der Waals surface area contributed by atoms with Gasteiger partial charge in [-0.25, -0.2) is 0 Å². The molecule has 12 rings (SSSR count). The molecule has 0 N–H and O–H groups in total. The summed E-state index contributed by atoms with van der Waals surface area (Å²) in [5, 5.41) is 0. The fourth-order valence-corrected chi connectivity index (χ4v) is 14.9. The summed E-state index contributed by atoms with van der Waals surface area (Å²) in [6.45, 7) is 41.9. The zero-order chi connectivity index (χ0) is 50.5. The highest BCUT2D eigenvalue weighted by molar-refractivity contribution is 6.99. The molecule has 6 aliphatic rings. The Balaban J connectivity index is 1.25. The first-order valence-corrected chi connectivity index (χ1v) is 27.6. The smallest absolute Gasteiger partial charge is 0.297 e. The lowest BCUT2D eigenvalue weighted by atomic mass is 9.35. The highest BCUT2D eigenvalue weighted by Crippen LogP contribution is 2.58. The average molecular weight is 941 g/mol. The number of fused-ring (bicyclic) bond motifs is 9. The Bertz CT molecular complexity index is 3240. The van der Waals surface area contributed by atoms with Crippen LogP contribution in [-0.2, 0) is 43.3 Å². The summed E-state index contributed by atoms with van der Waals surface area (Å²) < 4.78 is 7.89. The average Bonchev–Trinajstić information content (AvgIpc) is 3.72. The number of furan rings is 1. The Morgan fingerprint density at radius 2 is 0.887 bits per heavy atom. The predicted molar refractivity (Wildman–Crippen MR) is 304 cm³/mol. The highest BCUT2D eigenvalue weighted by atomic mass is 16.3.